The zero-order valence-electron chi connectivity index (χ0n) is 15.2. The van der Waals surface area contributed by atoms with Crippen molar-refractivity contribution in [1.82, 2.24) is 4.57 Å². The highest BCUT2D eigenvalue weighted by atomic mass is 32.2. The van der Waals surface area contributed by atoms with E-state index < -0.39 is 27.3 Å². The molecule has 27 heavy (non-hydrogen) atoms. The molecule has 0 saturated carbocycles. The van der Waals surface area contributed by atoms with Crippen LogP contribution in [0.4, 0.5) is 4.39 Å². The van der Waals surface area contributed by atoms with Crippen LogP contribution in [-0.2, 0) is 21.2 Å². The summed E-state index contributed by atoms with van der Waals surface area (Å²) >= 11 is 1.37. The van der Waals surface area contributed by atoms with E-state index in [9.17, 15) is 17.6 Å². The Morgan fingerprint density at radius 3 is 2.37 bits per heavy atom. The summed E-state index contributed by atoms with van der Waals surface area (Å²) in [5.74, 6) is -2.04. The molecule has 1 aromatic heterocycles. The highest BCUT2D eigenvalue weighted by Crippen LogP contribution is 2.24. The van der Waals surface area contributed by atoms with Gasteiger partial charge in [-0.1, -0.05) is 23.5 Å². The minimum absolute atomic E-state index is 0.0983. The maximum atomic E-state index is 13.0. The molecule has 8 heteroatoms. The average Bonchev–Trinajstić information content (AvgIpc) is 2.97. The molecule has 0 fully saturated rings. The Morgan fingerprint density at radius 2 is 1.74 bits per heavy atom. The van der Waals surface area contributed by atoms with Gasteiger partial charge < -0.3 is 4.57 Å². The highest BCUT2D eigenvalue weighted by molar-refractivity contribution is 7.92. The molecule has 0 aliphatic rings. The van der Waals surface area contributed by atoms with Gasteiger partial charge in [0.25, 0.3) is 5.91 Å². The molecule has 0 aliphatic heterocycles. The number of aryl methyl sites for hydroxylation is 3. The lowest BCUT2D eigenvalue weighted by Gasteiger charge is -2.05. The van der Waals surface area contributed by atoms with Crippen molar-refractivity contribution < 1.29 is 17.6 Å². The molecule has 2 aromatic carbocycles. The number of hydrogen-bond acceptors (Lipinski definition) is 4. The van der Waals surface area contributed by atoms with Crippen LogP contribution in [-0.4, -0.2) is 24.6 Å². The number of amides is 1. The van der Waals surface area contributed by atoms with Gasteiger partial charge in [-0.15, -0.1) is 0 Å². The second-order valence-electron chi connectivity index (χ2n) is 6.22. The number of sulfone groups is 1. The van der Waals surface area contributed by atoms with Crippen molar-refractivity contribution in [2.45, 2.75) is 32.2 Å². The molecule has 3 aromatic rings. The van der Waals surface area contributed by atoms with Crippen LogP contribution in [0, 0.1) is 19.7 Å². The lowest BCUT2D eigenvalue weighted by molar-refractivity contribution is -0.115. The summed E-state index contributed by atoms with van der Waals surface area (Å²) < 4.78 is 40.7. The van der Waals surface area contributed by atoms with Crippen molar-refractivity contribution in [2.24, 2.45) is 4.99 Å². The number of thiazole rings is 1. The second kappa shape index (κ2) is 7.36. The Labute approximate surface area is 160 Å². The van der Waals surface area contributed by atoms with Crippen molar-refractivity contribution in [3.63, 3.8) is 0 Å². The van der Waals surface area contributed by atoms with Crippen LogP contribution >= 0.6 is 11.3 Å². The van der Waals surface area contributed by atoms with E-state index in [1.807, 2.05) is 37.5 Å². The van der Waals surface area contributed by atoms with E-state index in [1.165, 1.54) is 11.3 Å². The number of benzene rings is 2. The van der Waals surface area contributed by atoms with Crippen LogP contribution in [0.25, 0.3) is 10.2 Å². The number of halogens is 1. The number of hydrogen-bond donors (Lipinski definition) is 0. The third-order valence-electron chi connectivity index (χ3n) is 4.25. The summed E-state index contributed by atoms with van der Waals surface area (Å²) in [5, 5.41) is 0. The molecular weight excluding hydrogens is 387 g/mol. The summed E-state index contributed by atoms with van der Waals surface area (Å²) in [4.78, 5) is 16.8. The number of aromatic nitrogens is 1. The first kappa shape index (κ1) is 19.4. The number of carbonyl (C=O) groups is 1. The SMILES string of the molecule is CCn1c(=NC(=O)CS(=O)(=O)c2ccc(F)cc2)sc2c(C)ccc(C)c21. The maximum absolute atomic E-state index is 13.0. The van der Waals surface area contributed by atoms with Crippen molar-refractivity contribution in [3.05, 3.63) is 58.1 Å². The van der Waals surface area contributed by atoms with Gasteiger partial charge in [0.15, 0.2) is 14.6 Å². The molecule has 0 unspecified atom stereocenters. The standard InChI is InChI=1S/C19H19FN2O3S2/c1-4-22-17-12(2)5-6-13(3)18(17)26-19(22)21-16(23)11-27(24,25)15-9-7-14(20)8-10-15/h5-10H,4,11H2,1-3H3. The van der Waals surface area contributed by atoms with Gasteiger partial charge in [-0.2, -0.15) is 4.99 Å². The third kappa shape index (κ3) is 3.86. The molecular formula is C19H19FN2O3S2. The Bertz CT molecular complexity index is 1190. The molecule has 0 atom stereocenters. The van der Waals surface area contributed by atoms with E-state index >= 15 is 0 Å². The summed E-state index contributed by atoms with van der Waals surface area (Å²) in [6.07, 6.45) is 0. The quantitative estimate of drug-likeness (QED) is 0.624. The molecule has 0 spiro atoms. The first-order valence-electron chi connectivity index (χ1n) is 8.38. The molecule has 0 radical (unpaired) electrons. The molecule has 5 nitrogen and oxygen atoms in total. The predicted molar refractivity (Wildman–Crippen MR) is 104 cm³/mol. The summed E-state index contributed by atoms with van der Waals surface area (Å²) in [6.45, 7) is 6.54. The van der Waals surface area contributed by atoms with E-state index in [4.69, 9.17) is 0 Å². The van der Waals surface area contributed by atoms with Crippen molar-refractivity contribution in [1.29, 1.82) is 0 Å². The lowest BCUT2D eigenvalue weighted by Crippen LogP contribution is -2.20. The molecule has 0 saturated heterocycles. The van der Waals surface area contributed by atoms with E-state index in [0.29, 0.717) is 11.3 Å². The fourth-order valence-electron chi connectivity index (χ4n) is 2.88. The fourth-order valence-corrected chi connectivity index (χ4v) is 5.24. The molecule has 0 bridgehead atoms. The van der Waals surface area contributed by atoms with Crippen LogP contribution < -0.4 is 4.80 Å². The van der Waals surface area contributed by atoms with Gasteiger partial charge in [-0.3, -0.25) is 4.79 Å². The van der Waals surface area contributed by atoms with Crippen LogP contribution in [0.2, 0.25) is 0 Å². The van der Waals surface area contributed by atoms with Crippen LogP contribution in [0.3, 0.4) is 0 Å². The first-order valence-corrected chi connectivity index (χ1v) is 10.8. The van der Waals surface area contributed by atoms with E-state index in [0.717, 1.165) is 45.6 Å². The largest absolute Gasteiger partial charge is 0.316 e. The fraction of sp³-hybridized carbons (Fsp3) is 0.263. The Morgan fingerprint density at radius 1 is 1.11 bits per heavy atom. The maximum Gasteiger partial charge on any atom is 0.263 e. The number of rotatable bonds is 4. The van der Waals surface area contributed by atoms with Crippen LogP contribution in [0.5, 0.6) is 0 Å². The van der Waals surface area contributed by atoms with Gasteiger partial charge in [0.05, 0.1) is 15.1 Å². The summed E-state index contributed by atoms with van der Waals surface area (Å²) in [5.41, 5.74) is 3.16. The predicted octanol–water partition coefficient (Wildman–Crippen LogP) is 3.38. The Balaban J connectivity index is 2.02. The van der Waals surface area contributed by atoms with Crippen LogP contribution in [0.1, 0.15) is 18.1 Å². The topological polar surface area (TPSA) is 68.5 Å². The number of fused-ring (bicyclic) bond motifs is 1. The van der Waals surface area contributed by atoms with Crippen molar-refractivity contribution in [3.8, 4) is 0 Å². The van der Waals surface area contributed by atoms with Gasteiger partial charge in [0, 0.05) is 6.54 Å². The second-order valence-corrected chi connectivity index (χ2v) is 9.19. The molecule has 142 valence electrons. The summed E-state index contributed by atoms with van der Waals surface area (Å²) in [6, 6.07) is 8.43. The molecule has 1 amide bonds. The molecule has 1 heterocycles. The molecule has 0 aliphatic carbocycles. The average molecular weight is 407 g/mol. The van der Waals surface area contributed by atoms with E-state index in [2.05, 4.69) is 4.99 Å². The van der Waals surface area contributed by atoms with Gasteiger partial charge >= 0.3 is 0 Å². The van der Waals surface area contributed by atoms with E-state index in [1.54, 1.807) is 0 Å². The smallest absolute Gasteiger partial charge is 0.263 e. The zero-order chi connectivity index (χ0) is 19.8. The van der Waals surface area contributed by atoms with E-state index in [-0.39, 0.29) is 4.90 Å². The third-order valence-corrected chi connectivity index (χ3v) is 7.08. The minimum atomic E-state index is -3.88. The van der Waals surface area contributed by atoms with Gasteiger partial charge in [0.2, 0.25) is 0 Å². The van der Waals surface area contributed by atoms with Crippen molar-refractivity contribution in [2.75, 3.05) is 5.75 Å². The van der Waals surface area contributed by atoms with Gasteiger partial charge in [0.1, 0.15) is 11.6 Å². The first-order chi connectivity index (χ1) is 12.7. The van der Waals surface area contributed by atoms with Crippen molar-refractivity contribution >= 4 is 37.3 Å². The Kier molecular flexibility index (Phi) is 5.30. The zero-order valence-corrected chi connectivity index (χ0v) is 16.8. The molecule has 0 N–H and O–H groups in total. The Hall–Kier alpha value is -2.32. The number of nitrogens with zero attached hydrogens (tertiary/aromatic N) is 2. The molecule has 3 rings (SSSR count). The monoisotopic (exact) mass is 406 g/mol. The minimum Gasteiger partial charge on any atom is -0.316 e. The lowest BCUT2D eigenvalue weighted by atomic mass is 10.1. The van der Waals surface area contributed by atoms with Gasteiger partial charge in [-0.25, -0.2) is 12.8 Å². The number of carbonyl (C=O) groups excluding carboxylic acids is 1. The normalized spacial score (nSPS) is 12.7. The summed E-state index contributed by atoms with van der Waals surface area (Å²) in [7, 11) is -3.88. The van der Waals surface area contributed by atoms with Gasteiger partial charge in [-0.05, 0) is 56.2 Å². The highest BCUT2D eigenvalue weighted by Gasteiger charge is 2.20. The van der Waals surface area contributed by atoms with Crippen LogP contribution in [0.15, 0.2) is 46.3 Å².